The molecule has 1 atom stereocenters. The van der Waals surface area contributed by atoms with E-state index in [2.05, 4.69) is 29.7 Å². The van der Waals surface area contributed by atoms with Gasteiger partial charge in [0.2, 0.25) is 5.91 Å². The topological polar surface area (TPSA) is 41.1 Å². The van der Waals surface area contributed by atoms with E-state index in [-0.39, 0.29) is 11.8 Å². The number of amides is 1. The molecular weight excluding hydrogens is 200 g/mol. The largest absolute Gasteiger partial charge is 0.352 e. The molecule has 2 rings (SSSR count). The first-order chi connectivity index (χ1) is 7.75. The van der Waals surface area contributed by atoms with Gasteiger partial charge in [0.25, 0.3) is 0 Å². The fourth-order valence-corrected chi connectivity index (χ4v) is 2.03. The predicted molar refractivity (Wildman–Crippen MR) is 64.0 cm³/mol. The van der Waals surface area contributed by atoms with Gasteiger partial charge in [0, 0.05) is 13.1 Å². The molecule has 0 radical (unpaired) electrons. The lowest BCUT2D eigenvalue weighted by molar-refractivity contribution is -0.124. The van der Waals surface area contributed by atoms with Crippen molar-refractivity contribution in [1.82, 2.24) is 10.6 Å². The maximum atomic E-state index is 11.8. The van der Waals surface area contributed by atoms with Crippen molar-refractivity contribution < 1.29 is 4.79 Å². The van der Waals surface area contributed by atoms with Crippen molar-refractivity contribution in [3.8, 4) is 0 Å². The second-order valence-corrected chi connectivity index (χ2v) is 4.40. The van der Waals surface area contributed by atoms with E-state index in [1.807, 2.05) is 12.1 Å². The molecule has 86 valence electrons. The molecule has 1 saturated heterocycles. The van der Waals surface area contributed by atoms with Crippen LogP contribution in [0.15, 0.2) is 24.3 Å². The van der Waals surface area contributed by atoms with Crippen LogP contribution in [0.1, 0.15) is 17.5 Å². The molecule has 1 unspecified atom stereocenters. The summed E-state index contributed by atoms with van der Waals surface area (Å²) in [5, 5.41) is 6.19. The second kappa shape index (κ2) is 5.12. The van der Waals surface area contributed by atoms with Crippen LogP contribution in [0.4, 0.5) is 0 Å². The Kier molecular flexibility index (Phi) is 3.57. The molecule has 3 heteroatoms. The molecule has 0 saturated carbocycles. The first-order valence-corrected chi connectivity index (χ1v) is 5.79. The Hall–Kier alpha value is -1.35. The summed E-state index contributed by atoms with van der Waals surface area (Å²) in [5.41, 5.74) is 2.40. The summed E-state index contributed by atoms with van der Waals surface area (Å²) in [6.45, 7) is 4.48. The van der Waals surface area contributed by atoms with Crippen LogP contribution < -0.4 is 10.6 Å². The Labute approximate surface area is 96.2 Å². The molecule has 16 heavy (non-hydrogen) atoms. The van der Waals surface area contributed by atoms with Crippen molar-refractivity contribution >= 4 is 5.91 Å². The molecule has 0 bridgehead atoms. The smallest absolute Gasteiger partial charge is 0.224 e. The molecule has 1 amide bonds. The maximum Gasteiger partial charge on any atom is 0.224 e. The van der Waals surface area contributed by atoms with Gasteiger partial charge in [0.15, 0.2) is 0 Å². The highest BCUT2D eigenvalue weighted by atomic mass is 16.1. The molecule has 1 aromatic carbocycles. The van der Waals surface area contributed by atoms with Gasteiger partial charge in [-0.3, -0.25) is 4.79 Å². The summed E-state index contributed by atoms with van der Waals surface area (Å²) in [6.07, 6.45) is 0.958. The summed E-state index contributed by atoms with van der Waals surface area (Å²) in [7, 11) is 0. The van der Waals surface area contributed by atoms with Crippen molar-refractivity contribution in [2.75, 3.05) is 13.1 Å². The molecule has 1 fully saturated rings. The molecule has 1 heterocycles. The Morgan fingerprint density at radius 2 is 2.44 bits per heavy atom. The summed E-state index contributed by atoms with van der Waals surface area (Å²) in [5.74, 6) is 0.330. The normalized spacial score (nSPS) is 19.7. The van der Waals surface area contributed by atoms with E-state index < -0.39 is 0 Å². The number of carbonyl (C=O) groups is 1. The highest BCUT2D eigenvalue weighted by Crippen LogP contribution is 2.08. The monoisotopic (exact) mass is 218 g/mol. The van der Waals surface area contributed by atoms with Crippen molar-refractivity contribution in [2.45, 2.75) is 19.9 Å². The predicted octanol–water partition coefficient (Wildman–Crippen LogP) is 1.22. The molecule has 0 aromatic heterocycles. The number of benzene rings is 1. The van der Waals surface area contributed by atoms with Gasteiger partial charge in [-0.2, -0.15) is 0 Å². The number of carbonyl (C=O) groups excluding carboxylic acids is 1. The summed E-state index contributed by atoms with van der Waals surface area (Å²) in [6, 6.07) is 8.23. The van der Waals surface area contributed by atoms with Crippen molar-refractivity contribution in [3.63, 3.8) is 0 Å². The van der Waals surface area contributed by atoms with Gasteiger partial charge in [0.1, 0.15) is 0 Å². The van der Waals surface area contributed by atoms with Gasteiger partial charge in [-0.05, 0) is 25.5 Å². The third kappa shape index (κ3) is 2.83. The summed E-state index contributed by atoms with van der Waals surface area (Å²) < 4.78 is 0. The van der Waals surface area contributed by atoms with Crippen LogP contribution in [0.25, 0.3) is 0 Å². The van der Waals surface area contributed by atoms with E-state index in [0.717, 1.165) is 19.5 Å². The van der Waals surface area contributed by atoms with Crippen LogP contribution in [0.3, 0.4) is 0 Å². The molecule has 1 aliphatic rings. The van der Waals surface area contributed by atoms with Gasteiger partial charge in [-0.15, -0.1) is 0 Å². The summed E-state index contributed by atoms with van der Waals surface area (Å²) >= 11 is 0. The first kappa shape index (κ1) is 11.1. The zero-order valence-corrected chi connectivity index (χ0v) is 9.62. The minimum Gasteiger partial charge on any atom is -0.352 e. The lowest BCUT2D eigenvalue weighted by Crippen LogP contribution is -2.31. The van der Waals surface area contributed by atoms with Crippen molar-refractivity contribution in [1.29, 1.82) is 0 Å². The molecule has 0 spiro atoms. The van der Waals surface area contributed by atoms with E-state index in [4.69, 9.17) is 0 Å². The number of hydrogen-bond donors (Lipinski definition) is 2. The van der Waals surface area contributed by atoms with E-state index >= 15 is 0 Å². The quantitative estimate of drug-likeness (QED) is 0.801. The summed E-state index contributed by atoms with van der Waals surface area (Å²) in [4.78, 5) is 11.8. The Bertz CT molecular complexity index is 370. The molecule has 1 aromatic rings. The fraction of sp³-hybridized carbons (Fsp3) is 0.462. The Balaban J connectivity index is 1.84. The lowest BCUT2D eigenvalue weighted by Gasteiger charge is -2.10. The van der Waals surface area contributed by atoms with Gasteiger partial charge < -0.3 is 10.6 Å². The number of hydrogen-bond acceptors (Lipinski definition) is 2. The van der Waals surface area contributed by atoms with Crippen LogP contribution in [0, 0.1) is 12.8 Å². The number of aryl methyl sites for hydroxylation is 1. The zero-order valence-electron chi connectivity index (χ0n) is 9.62. The highest BCUT2D eigenvalue weighted by molar-refractivity contribution is 5.79. The van der Waals surface area contributed by atoms with E-state index in [9.17, 15) is 4.79 Å². The fourth-order valence-electron chi connectivity index (χ4n) is 2.03. The standard InChI is InChI=1S/C13H18N2O/c1-10-3-2-4-11(7-10)8-15-13(16)12-5-6-14-9-12/h2-4,7,12,14H,5-6,8-9H2,1H3,(H,15,16). The lowest BCUT2D eigenvalue weighted by atomic mass is 10.1. The minimum absolute atomic E-state index is 0.157. The van der Waals surface area contributed by atoms with Crippen LogP contribution in [0.5, 0.6) is 0 Å². The molecule has 0 aliphatic carbocycles. The van der Waals surface area contributed by atoms with Crippen LogP contribution in [-0.2, 0) is 11.3 Å². The highest BCUT2D eigenvalue weighted by Gasteiger charge is 2.21. The molecular formula is C13H18N2O. The minimum atomic E-state index is 0.157. The SMILES string of the molecule is Cc1cccc(CNC(=O)C2CCNC2)c1. The number of rotatable bonds is 3. The maximum absolute atomic E-state index is 11.8. The van der Waals surface area contributed by atoms with Gasteiger partial charge in [0.05, 0.1) is 5.92 Å². The molecule has 1 aliphatic heterocycles. The van der Waals surface area contributed by atoms with Crippen molar-refractivity contribution in [2.24, 2.45) is 5.92 Å². The van der Waals surface area contributed by atoms with E-state index in [0.29, 0.717) is 6.54 Å². The average molecular weight is 218 g/mol. The third-order valence-corrected chi connectivity index (χ3v) is 2.98. The number of nitrogens with one attached hydrogen (secondary N) is 2. The Morgan fingerprint density at radius 1 is 1.56 bits per heavy atom. The van der Waals surface area contributed by atoms with Crippen LogP contribution >= 0.6 is 0 Å². The van der Waals surface area contributed by atoms with Gasteiger partial charge in [-0.1, -0.05) is 29.8 Å². The zero-order chi connectivity index (χ0) is 11.4. The molecule has 2 N–H and O–H groups in total. The van der Waals surface area contributed by atoms with Gasteiger partial charge >= 0.3 is 0 Å². The second-order valence-electron chi connectivity index (χ2n) is 4.40. The van der Waals surface area contributed by atoms with Gasteiger partial charge in [-0.25, -0.2) is 0 Å². The third-order valence-electron chi connectivity index (χ3n) is 2.98. The van der Waals surface area contributed by atoms with Crippen molar-refractivity contribution in [3.05, 3.63) is 35.4 Å². The average Bonchev–Trinajstić information content (AvgIpc) is 2.79. The Morgan fingerprint density at radius 3 is 3.12 bits per heavy atom. The molecule has 3 nitrogen and oxygen atoms in total. The van der Waals surface area contributed by atoms with Crippen LogP contribution in [-0.4, -0.2) is 19.0 Å². The van der Waals surface area contributed by atoms with Crippen LogP contribution in [0.2, 0.25) is 0 Å². The van der Waals surface area contributed by atoms with E-state index in [1.54, 1.807) is 0 Å². The first-order valence-electron chi connectivity index (χ1n) is 5.79. The van der Waals surface area contributed by atoms with E-state index in [1.165, 1.54) is 11.1 Å².